The van der Waals surface area contributed by atoms with Crippen LogP contribution in [0.3, 0.4) is 0 Å². The Balaban J connectivity index is 2.75. The Labute approximate surface area is 91.1 Å². The van der Waals surface area contributed by atoms with Crippen LogP contribution in [0, 0.1) is 18.3 Å². The number of hydrogen-bond donors (Lipinski definition) is 1. The standard InChI is InChI=1S/C12H17N3/c1-3-15(9-11(14)8-13)12-6-4-10(2)5-7-12/h4-7,11H,3,9,14H2,1-2H3. The molecule has 0 aliphatic carbocycles. The maximum absolute atomic E-state index is 8.67. The van der Waals surface area contributed by atoms with Crippen molar-refractivity contribution in [3.8, 4) is 6.07 Å². The first-order valence-corrected chi connectivity index (χ1v) is 5.14. The lowest BCUT2D eigenvalue weighted by molar-refractivity contribution is 0.744. The summed E-state index contributed by atoms with van der Waals surface area (Å²) in [5.74, 6) is 0. The van der Waals surface area contributed by atoms with Crippen LogP contribution in [0.1, 0.15) is 12.5 Å². The molecular weight excluding hydrogens is 186 g/mol. The van der Waals surface area contributed by atoms with E-state index in [-0.39, 0.29) is 0 Å². The van der Waals surface area contributed by atoms with Gasteiger partial charge in [0.25, 0.3) is 0 Å². The summed E-state index contributed by atoms with van der Waals surface area (Å²) in [7, 11) is 0. The average molecular weight is 203 g/mol. The maximum atomic E-state index is 8.67. The van der Waals surface area contributed by atoms with Crippen molar-refractivity contribution in [1.82, 2.24) is 0 Å². The zero-order valence-electron chi connectivity index (χ0n) is 9.27. The van der Waals surface area contributed by atoms with Crippen molar-refractivity contribution in [3.63, 3.8) is 0 Å². The lowest BCUT2D eigenvalue weighted by Crippen LogP contribution is -2.36. The summed E-state index contributed by atoms with van der Waals surface area (Å²) in [5.41, 5.74) is 7.97. The van der Waals surface area contributed by atoms with Crippen molar-refractivity contribution in [2.45, 2.75) is 19.9 Å². The summed E-state index contributed by atoms with van der Waals surface area (Å²) in [5, 5.41) is 8.67. The molecule has 1 aromatic rings. The fraction of sp³-hybridized carbons (Fsp3) is 0.417. The molecule has 3 heteroatoms. The molecule has 80 valence electrons. The van der Waals surface area contributed by atoms with E-state index in [1.165, 1.54) is 5.56 Å². The second-order valence-corrected chi connectivity index (χ2v) is 3.61. The molecule has 0 spiro atoms. The van der Waals surface area contributed by atoms with Crippen molar-refractivity contribution in [3.05, 3.63) is 29.8 Å². The molecule has 1 atom stereocenters. The highest BCUT2D eigenvalue weighted by molar-refractivity contribution is 5.47. The molecule has 15 heavy (non-hydrogen) atoms. The molecule has 0 saturated heterocycles. The summed E-state index contributed by atoms with van der Waals surface area (Å²) in [6.45, 7) is 5.56. The Hall–Kier alpha value is -1.53. The quantitative estimate of drug-likeness (QED) is 0.810. The van der Waals surface area contributed by atoms with Crippen molar-refractivity contribution in [2.75, 3.05) is 18.0 Å². The van der Waals surface area contributed by atoms with Crippen molar-refractivity contribution >= 4 is 5.69 Å². The summed E-state index contributed by atoms with van der Waals surface area (Å²) in [6, 6.07) is 9.87. The van der Waals surface area contributed by atoms with Crippen molar-refractivity contribution in [2.24, 2.45) is 5.73 Å². The van der Waals surface area contributed by atoms with Gasteiger partial charge in [0.1, 0.15) is 6.04 Å². The second-order valence-electron chi connectivity index (χ2n) is 3.61. The fourth-order valence-corrected chi connectivity index (χ4v) is 1.45. The number of anilines is 1. The zero-order chi connectivity index (χ0) is 11.3. The third-order valence-corrected chi connectivity index (χ3v) is 2.36. The third-order valence-electron chi connectivity index (χ3n) is 2.36. The van der Waals surface area contributed by atoms with E-state index in [4.69, 9.17) is 11.0 Å². The highest BCUT2D eigenvalue weighted by atomic mass is 15.1. The normalized spacial score (nSPS) is 11.9. The molecule has 1 aromatic carbocycles. The molecule has 0 bridgehead atoms. The van der Waals surface area contributed by atoms with Crippen LogP contribution < -0.4 is 10.6 Å². The topological polar surface area (TPSA) is 53.0 Å². The number of benzene rings is 1. The number of nitriles is 1. The van der Waals surface area contributed by atoms with Gasteiger partial charge in [0, 0.05) is 18.8 Å². The van der Waals surface area contributed by atoms with Gasteiger partial charge in [0.15, 0.2) is 0 Å². The van der Waals surface area contributed by atoms with Crippen molar-refractivity contribution < 1.29 is 0 Å². The summed E-state index contributed by atoms with van der Waals surface area (Å²) < 4.78 is 0. The van der Waals surface area contributed by atoms with E-state index in [2.05, 4.69) is 43.0 Å². The van der Waals surface area contributed by atoms with Gasteiger partial charge in [-0.2, -0.15) is 5.26 Å². The Bertz CT molecular complexity index is 337. The Morgan fingerprint density at radius 3 is 2.47 bits per heavy atom. The summed E-state index contributed by atoms with van der Waals surface area (Å²) >= 11 is 0. The molecule has 1 rings (SSSR count). The first-order chi connectivity index (χ1) is 7.17. The molecule has 0 heterocycles. The van der Waals surface area contributed by atoms with Gasteiger partial charge in [-0.05, 0) is 26.0 Å². The molecule has 0 aliphatic heterocycles. The van der Waals surface area contributed by atoms with Crippen LogP contribution in [0.2, 0.25) is 0 Å². The van der Waals surface area contributed by atoms with Gasteiger partial charge in [-0.1, -0.05) is 17.7 Å². The average Bonchev–Trinajstić information content (AvgIpc) is 2.27. The van der Waals surface area contributed by atoms with Crippen LogP contribution in [0.15, 0.2) is 24.3 Å². The molecule has 3 nitrogen and oxygen atoms in total. The van der Waals surface area contributed by atoms with Crippen LogP contribution in [-0.4, -0.2) is 19.1 Å². The van der Waals surface area contributed by atoms with Crippen LogP contribution in [0.5, 0.6) is 0 Å². The van der Waals surface area contributed by atoms with E-state index >= 15 is 0 Å². The van der Waals surface area contributed by atoms with E-state index < -0.39 is 6.04 Å². The molecule has 0 amide bonds. The van der Waals surface area contributed by atoms with Gasteiger partial charge >= 0.3 is 0 Å². The van der Waals surface area contributed by atoms with Gasteiger partial charge < -0.3 is 10.6 Å². The largest absolute Gasteiger partial charge is 0.369 e. The van der Waals surface area contributed by atoms with E-state index in [0.29, 0.717) is 6.54 Å². The molecule has 0 saturated carbocycles. The molecule has 0 aliphatic rings. The van der Waals surface area contributed by atoms with Gasteiger partial charge in [-0.25, -0.2) is 0 Å². The lowest BCUT2D eigenvalue weighted by Gasteiger charge is -2.24. The number of likely N-dealkylation sites (N-methyl/N-ethyl adjacent to an activating group) is 1. The van der Waals surface area contributed by atoms with Gasteiger partial charge in [-0.3, -0.25) is 0 Å². The van der Waals surface area contributed by atoms with E-state index in [1.54, 1.807) is 0 Å². The Kier molecular flexibility index (Phi) is 4.14. The Morgan fingerprint density at radius 2 is 2.00 bits per heavy atom. The number of nitrogens with zero attached hydrogens (tertiary/aromatic N) is 2. The van der Waals surface area contributed by atoms with E-state index in [0.717, 1.165) is 12.2 Å². The highest BCUT2D eigenvalue weighted by Gasteiger charge is 2.08. The highest BCUT2D eigenvalue weighted by Crippen LogP contribution is 2.14. The summed E-state index contributed by atoms with van der Waals surface area (Å²) in [6.07, 6.45) is 0. The molecule has 0 fully saturated rings. The van der Waals surface area contributed by atoms with Crippen LogP contribution in [-0.2, 0) is 0 Å². The maximum Gasteiger partial charge on any atom is 0.110 e. The smallest absolute Gasteiger partial charge is 0.110 e. The van der Waals surface area contributed by atoms with Crippen LogP contribution in [0.25, 0.3) is 0 Å². The molecule has 1 unspecified atom stereocenters. The predicted octanol–water partition coefficient (Wildman–Crippen LogP) is 1.67. The molecule has 0 radical (unpaired) electrons. The molecule has 0 aromatic heterocycles. The van der Waals surface area contributed by atoms with Gasteiger partial charge in [0.2, 0.25) is 0 Å². The first-order valence-electron chi connectivity index (χ1n) is 5.14. The van der Waals surface area contributed by atoms with Crippen LogP contribution in [0.4, 0.5) is 5.69 Å². The van der Waals surface area contributed by atoms with Crippen molar-refractivity contribution in [1.29, 1.82) is 5.26 Å². The van der Waals surface area contributed by atoms with Gasteiger partial charge in [0.05, 0.1) is 6.07 Å². The number of aryl methyl sites for hydroxylation is 1. The monoisotopic (exact) mass is 203 g/mol. The molecular formula is C12H17N3. The first kappa shape index (κ1) is 11.5. The fourth-order valence-electron chi connectivity index (χ4n) is 1.45. The number of rotatable bonds is 4. The summed E-state index contributed by atoms with van der Waals surface area (Å²) in [4.78, 5) is 2.10. The second kappa shape index (κ2) is 5.38. The lowest BCUT2D eigenvalue weighted by atomic mass is 10.2. The van der Waals surface area contributed by atoms with Crippen LogP contribution >= 0.6 is 0 Å². The number of nitrogens with two attached hydrogens (primary N) is 1. The Morgan fingerprint density at radius 1 is 1.40 bits per heavy atom. The van der Waals surface area contributed by atoms with E-state index in [9.17, 15) is 0 Å². The SMILES string of the molecule is CCN(CC(N)C#N)c1ccc(C)cc1. The predicted molar refractivity (Wildman–Crippen MR) is 62.7 cm³/mol. The minimum absolute atomic E-state index is 0.425. The minimum atomic E-state index is -0.425. The van der Waals surface area contributed by atoms with Gasteiger partial charge in [-0.15, -0.1) is 0 Å². The molecule has 2 N–H and O–H groups in total. The third kappa shape index (κ3) is 3.26. The zero-order valence-corrected chi connectivity index (χ0v) is 9.27. The van der Waals surface area contributed by atoms with E-state index in [1.807, 2.05) is 6.07 Å². The number of hydrogen-bond acceptors (Lipinski definition) is 3. The minimum Gasteiger partial charge on any atom is -0.369 e.